The van der Waals surface area contributed by atoms with Crippen molar-refractivity contribution in [3.63, 3.8) is 0 Å². The van der Waals surface area contributed by atoms with E-state index in [0.29, 0.717) is 24.9 Å². The smallest absolute Gasteiger partial charge is 0.410 e. The zero-order valence-electron chi connectivity index (χ0n) is 13.7. The van der Waals surface area contributed by atoms with E-state index in [1.807, 2.05) is 32.9 Å². The minimum atomic E-state index is -0.463. The average molecular weight is 315 g/mol. The monoisotopic (exact) mass is 315 g/mol. The number of nitrogens with zero attached hydrogens (tertiary/aromatic N) is 5. The molecule has 1 aromatic rings. The second-order valence-corrected chi connectivity index (χ2v) is 7.16. The van der Waals surface area contributed by atoms with Crippen molar-refractivity contribution in [1.29, 1.82) is 5.26 Å². The van der Waals surface area contributed by atoms with Gasteiger partial charge < -0.3 is 14.5 Å². The lowest BCUT2D eigenvalue weighted by molar-refractivity contribution is 0.0282. The Morgan fingerprint density at radius 2 is 1.96 bits per heavy atom. The number of hydrogen-bond acceptors (Lipinski definition) is 6. The van der Waals surface area contributed by atoms with Crippen molar-refractivity contribution in [3.05, 3.63) is 18.1 Å². The fourth-order valence-electron chi connectivity index (χ4n) is 3.23. The van der Waals surface area contributed by atoms with Crippen LogP contribution in [-0.2, 0) is 4.74 Å². The Kier molecular flexibility index (Phi) is 3.84. The van der Waals surface area contributed by atoms with Crippen LogP contribution in [0.1, 0.15) is 26.6 Å². The van der Waals surface area contributed by atoms with Gasteiger partial charge in [-0.15, -0.1) is 0 Å². The molecule has 2 atom stereocenters. The van der Waals surface area contributed by atoms with Gasteiger partial charge in [0.1, 0.15) is 17.5 Å². The zero-order valence-corrected chi connectivity index (χ0v) is 13.7. The fraction of sp³-hybridized carbons (Fsp3) is 0.625. The molecule has 0 spiro atoms. The Morgan fingerprint density at radius 1 is 1.30 bits per heavy atom. The zero-order chi connectivity index (χ0) is 16.6. The highest BCUT2D eigenvalue weighted by atomic mass is 16.6. The van der Waals surface area contributed by atoms with Gasteiger partial charge in [0.05, 0.1) is 0 Å². The highest BCUT2D eigenvalue weighted by Gasteiger charge is 2.43. The van der Waals surface area contributed by atoms with E-state index in [-0.39, 0.29) is 11.9 Å². The number of amides is 1. The molecule has 2 fully saturated rings. The Morgan fingerprint density at radius 3 is 2.52 bits per heavy atom. The van der Waals surface area contributed by atoms with E-state index in [2.05, 4.69) is 14.9 Å². The minimum absolute atomic E-state index is 0.190. The highest BCUT2D eigenvalue weighted by Crippen LogP contribution is 2.33. The van der Waals surface area contributed by atoms with Gasteiger partial charge in [0, 0.05) is 44.2 Å². The van der Waals surface area contributed by atoms with Crippen LogP contribution in [0.2, 0.25) is 0 Å². The number of anilines is 1. The maximum Gasteiger partial charge on any atom is 0.410 e. The molecule has 3 heterocycles. The van der Waals surface area contributed by atoms with Gasteiger partial charge in [-0.25, -0.2) is 14.8 Å². The van der Waals surface area contributed by atoms with Gasteiger partial charge >= 0.3 is 6.09 Å². The predicted molar refractivity (Wildman–Crippen MR) is 83.7 cm³/mol. The van der Waals surface area contributed by atoms with Crippen molar-refractivity contribution in [1.82, 2.24) is 14.9 Å². The second kappa shape index (κ2) is 5.69. The molecular formula is C16H21N5O2. The number of ether oxygens (including phenoxy) is 1. The summed E-state index contributed by atoms with van der Waals surface area (Å²) in [5, 5.41) is 8.90. The summed E-state index contributed by atoms with van der Waals surface area (Å²) in [5.74, 6) is 1.82. The fourth-order valence-corrected chi connectivity index (χ4v) is 3.23. The van der Waals surface area contributed by atoms with E-state index in [4.69, 9.17) is 10.00 Å². The Bertz CT molecular complexity index is 635. The molecular weight excluding hydrogens is 294 g/mol. The van der Waals surface area contributed by atoms with Crippen molar-refractivity contribution < 1.29 is 9.53 Å². The molecule has 7 heteroatoms. The topological polar surface area (TPSA) is 82.4 Å². The number of hydrogen-bond donors (Lipinski definition) is 0. The highest BCUT2D eigenvalue weighted by molar-refractivity contribution is 5.68. The summed E-state index contributed by atoms with van der Waals surface area (Å²) in [7, 11) is 0. The van der Waals surface area contributed by atoms with Crippen LogP contribution in [0.15, 0.2) is 12.3 Å². The van der Waals surface area contributed by atoms with Gasteiger partial charge in [-0.1, -0.05) is 0 Å². The molecule has 2 aliphatic rings. The summed E-state index contributed by atoms with van der Waals surface area (Å²) in [6.45, 7) is 8.75. The third kappa shape index (κ3) is 3.36. The summed E-state index contributed by atoms with van der Waals surface area (Å²) >= 11 is 0. The van der Waals surface area contributed by atoms with Crippen LogP contribution >= 0.6 is 0 Å². The summed E-state index contributed by atoms with van der Waals surface area (Å²) in [4.78, 5) is 24.3. The van der Waals surface area contributed by atoms with E-state index in [1.54, 1.807) is 11.1 Å². The van der Waals surface area contributed by atoms with E-state index in [0.717, 1.165) is 18.9 Å². The SMILES string of the molecule is CC(C)(C)OC(=O)N1C[C@@H]2CN(c3ccnc(C#N)n3)C[C@@H]2C1. The standard InChI is InChI=1S/C16H21N5O2/c1-16(2,3)23-15(22)21-9-11-7-20(8-12(11)10-21)14-4-5-18-13(6-17)19-14/h4-5,11-12H,7-10H2,1-3H3/t11-,12+. The summed E-state index contributed by atoms with van der Waals surface area (Å²) in [5.41, 5.74) is -0.463. The molecule has 0 aromatic carbocycles. The number of carbonyl (C=O) groups is 1. The van der Waals surface area contributed by atoms with Gasteiger partial charge in [0.25, 0.3) is 0 Å². The second-order valence-electron chi connectivity index (χ2n) is 7.16. The quantitative estimate of drug-likeness (QED) is 0.783. The molecule has 3 rings (SSSR count). The largest absolute Gasteiger partial charge is 0.444 e. The maximum absolute atomic E-state index is 12.2. The first-order valence-corrected chi connectivity index (χ1v) is 7.82. The first kappa shape index (κ1) is 15.5. The molecule has 2 saturated heterocycles. The third-order valence-electron chi connectivity index (χ3n) is 4.20. The van der Waals surface area contributed by atoms with Crippen LogP contribution in [0.25, 0.3) is 0 Å². The molecule has 2 aliphatic heterocycles. The van der Waals surface area contributed by atoms with E-state index < -0.39 is 5.60 Å². The number of likely N-dealkylation sites (tertiary alicyclic amines) is 1. The summed E-state index contributed by atoms with van der Waals surface area (Å²) < 4.78 is 5.45. The molecule has 0 unspecified atom stereocenters. The Balaban J connectivity index is 1.61. The number of aromatic nitrogens is 2. The van der Waals surface area contributed by atoms with Gasteiger partial charge in [0.2, 0.25) is 5.82 Å². The van der Waals surface area contributed by atoms with Crippen molar-refractivity contribution in [2.45, 2.75) is 26.4 Å². The molecule has 23 heavy (non-hydrogen) atoms. The van der Waals surface area contributed by atoms with Crippen molar-refractivity contribution in [2.24, 2.45) is 11.8 Å². The van der Waals surface area contributed by atoms with Crippen LogP contribution < -0.4 is 4.90 Å². The van der Waals surface area contributed by atoms with E-state index in [1.165, 1.54) is 0 Å². The molecule has 7 nitrogen and oxygen atoms in total. The summed E-state index contributed by atoms with van der Waals surface area (Å²) in [6.07, 6.45) is 1.38. The molecule has 0 aliphatic carbocycles. The van der Waals surface area contributed by atoms with Crippen molar-refractivity contribution in [2.75, 3.05) is 31.1 Å². The van der Waals surface area contributed by atoms with Crippen LogP contribution in [0, 0.1) is 23.2 Å². The van der Waals surface area contributed by atoms with Gasteiger partial charge in [0.15, 0.2) is 0 Å². The molecule has 1 amide bonds. The van der Waals surface area contributed by atoms with Crippen LogP contribution in [0.4, 0.5) is 10.6 Å². The number of rotatable bonds is 1. The van der Waals surface area contributed by atoms with Crippen LogP contribution in [-0.4, -0.2) is 52.7 Å². The molecule has 0 bridgehead atoms. The first-order chi connectivity index (χ1) is 10.9. The van der Waals surface area contributed by atoms with Crippen LogP contribution in [0.3, 0.4) is 0 Å². The van der Waals surface area contributed by atoms with Gasteiger partial charge in [-0.2, -0.15) is 5.26 Å². The van der Waals surface area contributed by atoms with E-state index >= 15 is 0 Å². The number of carbonyl (C=O) groups excluding carboxylic acids is 1. The van der Waals surface area contributed by atoms with E-state index in [9.17, 15) is 4.79 Å². The Hall–Kier alpha value is -2.36. The number of nitriles is 1. The maximum atomic E-state index is 12.2. The lowest BCUT2D eigenvalue weighted by Gasteiger charge is -2.26. The lowest BCUT2D eigenvalue weighted by atomic mass is 10.0. The third-order valence-corrected chi connectivity index (χ3v) is 4.20. The minimum Gasteiger partial charge on any atom is -0.444 e. The lowest BCUT2D eigenvalue weighted by Crippen LogP contribution is -2.37. The molecule has 0 saturated carbocycles. The first-order valence-electron chi connectivity index (χ1n) is 7.82. The molecule has 122 valence electrons. The number of fused-ring (bicyclic) bond motifs is 1. The molecule has 0 N–H and O–H groups in total. The van der Waals surface area contributed by atoms with Crippen molar-refractivity contribution in [3.8, 4) is 6.07 Å². The average Bonchev–Trinajstić information content (AvgIpc) is 3.04. The Labute approximate surface area is 135 Å². The molecule has 1 aromatic heterocycles. The van der Waals surface area contributed by atoms with Crippen LogP contribution in [0.5, 0.6) is 0 Å². The van der Waals surface area contributed by atoms with Gasteiger partial charge in [-0.05, 0) is 26.8 Å². The van der Waals surface area contributed by atoms with Crippen molar-refractivity contribution >= 4 is 11.9 Å². The summed E-state index contributed by atoms with van der Waals surface area (Å²) in [6, 6.07) is 3.79. The normalized spacial score (nSPS) is 23.6. The van der Waals surface area contributed by atoms with Gasteiger partial charge in [-0.3, -0.25) is 0 Å². The predicted octanol–water partition coefficient (Wildman–Crippen LogP) is 1.65. The molecule has 0 radical (unpaired) electrons.